The molecular formula is C24H26N2O9. The molecule has 0 unspecified atom stereocenters. The molecule has 11 heteroatoms. The second kappa shape index (κ2) is 9.53. The lowest BCUT2D eigenvalue weighted by Crippen LogP contribution is -2.60. The lowest BCUT2D eigenvalue weighted by molar-refractivity contribution is -0.385. The van der Waals surface area contributed by atoms with Crippen molar-refractivity contribution in [2.24, 2.45) is 0 Å². The minimum atomic E-state index is -1.44. The molecule has 2 aromatic carbocycles. The van der Waals surface area contributed by atoms with E-state index in [9.17, 15) is 20.0 Å². The van der Waals surface area contributed by atoms with Gasteiger partial charge in [-0.1, -0.05) is 18.2 Å². The van der Waals surface area contributed by atoms with E-state index in [1.807, 2.05) is 12.1 Å². The van der Waals surface area contributed by atoms with Gasteiger partial charge in [0.1, 0.15) is 11.9 Å². The highest BCUT2D eigenvalue weighted by atomic mass is 16.7. The van der Waals surface area contributed by atoms with Gasteiger partial charge in [-0.05, 0) is 26.0 Å². The summed E-state index contributed by atoms with van der Waals surface area (Å²) in [6.45, 7) is 3.37. The van der Waals surface area contributed by atoms with Crippen LogP contribution in [0.25, 0.3) is 10.9 Å². The fraction of sp³-hybridized carbons (Fsp3) is 0.375. The molecule has 4 rings (SSSR count). The number of aliphatic hydroxyl groups is 1. The number of aliphatic hydroxyl groups excluding tert-OH is 1. The van der Waals surface area contributed by atoms with Crippen molar-refractivity contribution in [1.29, 1.82) is 0 Å². The molecule has 0 saturated carbocycles. The standard InChI is InChI=1S/C24H26N2O9/c1-5-33-23(28)34-19-12-14-8-6-7-9-17(14)25(19)20-16-13-15(26(29)30)10-11-18(16)35-24(2,21(20)27)22(31-3)32-4/h6-13,20-22,27H,5H2,1-4H3/t20-,21+,24+/m1/s1. The molecule has 2 heterocycles. The minimum Gasteiger partial charge on any atom is -0.479 e. The van der Waals surface area contributed by atoms with Gasteiger partial charge in [0.2, 0.25) is 5.88 Å². The van der Waals surface area contributed by atoms with Crippen molar-refractivity contribution in [1.82, 2.24) is 4.57 Å². The second-order valence-electron chi connectivity index (χ2n) is 8.15. The van der Waals surface area contributed by atoms with Crippen LogP contribution in [0.15, 0.2) is 48.5 Å². The third-order valence-electron chi connectivity index (χ3n) is 6.08. The van der Waals surface area contributed by atoms with E-state index in [0.29, 0.717) is 16.5 Å². The lowest BCUT2D eigenvalue weighted by atomic mass is 9.84. The van der Waals surface area contributed by atoms with Crippen LogP contribution in [0, 0.1) is 10.1 Å². The van der Waals surface area contributed by atoms with Crippen LogP contribution in [0.3, 0.4) is 0 Å². The first-order valence-corrected chi connectivity index (χ1v) is 10.9. The Bertz CT molecular complexity index is 1250. The van der Waals surface area contributed by atoms with E-state index in [2.05, 4.69) is 0 Å². The van der Waals surface area contributed by atoms with Crippen LogP contribution in [-0.2, 0) is 14.2 Å². The van der Waals surface area contributed by atoms with Gasteiger partial charge in [0, 0.05) is 43.4 Å². The van der Waals surface area contributed by atoms with Crippen molar-refractivity contribution in [2.45, 2.75) is 37.9 Å². The van der Waals surface area contributed by atoms with Crippen molar-refractivity contribution in [2.75, 3.05) is 20.8 Å². The van der Waals surface area contributed by atoms with Crippen LogP contribution in [0.2, 0.25) is 0 Å². The van der Waals surface area contributed by atoms with Gasteiger partial charge in [-0.25, -0.2) is 4.79 Å². The third kappa shape index (κ3) is 4.18. The summed E-state index contributed by atoms with van der Waals surface area (Å²) in [5, 5.41) is 24.0. The first-order chi connectivity index (χ1) is 16.7. The summed E-state index contributed by atoms with van der Waals surface area (Å²) in [7, 11) is 2.83. The highest BCUT2D eigenvalue weighted by Crippen LogP contribution is 2.48. The van der Waals surface area contributed by atoms with Crippen LogP contribution in [0.5, 0.6) is 11.6 Å². The van der Waals surface area contributed by atoms with Gasteiger partial charge in [-0.3, -0.25) is 10.1 Å². The van der Waals surface area contributed by atoms with Gasteiger partial charge in [0.05, 0.1) is 23.1 Å². The number of ether oxygens (including phenoxy) is 5. The maximum atomic E-state index is 12.2. The zero-order valence-corrected chi connectivity index (χ0v) is 19.7. The molecule has 1 aliphatic rings. The van der Waals surface area contributed by atoms with Gasteiger partial charge in [-0.15, -0.1) is 0 Å². The average Bonchev–Trinajstić information content (AvgIpc) is 3.18. The van der Waals surface area contributed by atoms with Crippen molar-refractivity contribution < 1.29 is 38.5 Å². The maximum Gasteiger partial charge on any atom is 0.515 e. The fourth-order valence-corrected chi connectivity index (χ4v) is 4.53. The van der Waals surface area contributed by atoms with E-state index in [0.717, 1.165) is 0 Å². The average molecular weight is 486 g/mol. The number of aromatic nitrogens is 1. The topological polar surface area (TPSA) is 132 Å². The Kier molecular flexibility index (Phi) is 6.66. The van der Waals surface area contributed by atoms with E-state index in [4.69, 9.17) is 23.7 Å². The third-order valence-corrected chi connectivity index (χ3v) is 6.08. The number of hydrogen-bond acceptors (Lipinski definition) is 9. The molecule has 1 aliphatic heterocycles. The second-order valence-corrected chi connectivity index (χ2v) is 8.15. The first-order valence-electron chi connectivity index (χ1n) is 10.9. The van der Waals surface area contributed by atoms with Crippen LogP contribution < -0.4 is 9.47 Å². The zero-order valence-electron chi connectivity index (χ0n) is 19.7. The number of carbonyl (C=O) groups excluding carboxylic acids is 1. The number of rotatable bonds is 7. The van der Waals surface area contributed by atoms with Crippen LogP contribution in [-0.4, -0.2) is 59.6 Å². The molecule has 1 aromatic heterocycles. The van der Waals surface area contributed by atoms with E-state index < -0.39 is 35.1 Å². The monoisotopic (exact) mass is 486 g/mol. The van der Waals surface area contributed by atoms with Crippen molar-refractivity contribution in [3.05, 3.63) is 64.2 Å². The van der Waals surface area contributed by atoms with Crippen molar-refractivity contribution in [3.63, 3.8) is 0 Å². The molecule has 1 N–H and O–H groups in total. The number of hydrogen-bond donors (Lipinski definition) is 1. The Balaban J connectivity index is 1.99. The van der Waals surface area contributed by atoms with E-state index >= 15 is 0 Å². The number of nitro benzene ring substituents is 1. The predicted molar refractivity (Wildman–Crippen MR) is 124 cm³/mol. The van der Waals surface area contributed by atoms with Crippen LogP contribution >= 0.6 is 0 Å². The normalized spacial score (nSPS) is 21.4. The smallest absolute Gasteiger partial charge is 0.479 e. The van der Waals surface area contributed by atoms with Crippen LogP contribution in [0.4, 0.5) is 10.5 Å². The Morgan fingerprint density at radius 2 is 1.94 bits per heavy atom. The molecule has 0 aliphatic carbocycles. The molecule has 0 bridgehead atoms. The van der Waals surface area contributed by atoms with Crippen molar-refractivity contribution >= 4 is 22.7 Å². The summed E-state index contributed by atoms with van der Waals surface area (Å²) >= 11 is 0. The summed E-state index contributed by atoms with van der Waals surface area (Å²) in [4.78, 5) is 23.3. The summed E-state index contributed by atoms with van der Waals surface area (Å²) in [6.07, 6.45) is -3.28. The van der Waals surface area contributed by atoms with E-state index in [1.165, 1.54) is 32.4 Å². The molecule has 11 nitrogen and oxygen atoms in total. The van der Waals surface area contributed by atoms with Gasteiger partial charge in [0.15, 0.2) is 11.9 Å². The van der Waals surface area contributed by atoms with E-state index in [1.54, 1.807) is 36.6 Å². The number of carbonyl (C=O) groups is 1. The molecule has 3 atom stereocenters. The molecule has 0 spiro atoms. The zero-order chi connectivity index (χ0) is 25.3. The Morgan fingerprint density at radius 3 is 2.60 bits per heavy atom. The van der Waals surface area contributed by atoms with Crippen molar-refractivity contribution in [3.8, 4) is 11.6 Å². The summed E-state index contributed by atoms with van der Waals surface area (Å²) < 4.78 is 29.1. The predicted octanol–water partition coefficient (Wildman–Crippen LogP) is 3.81. The Morgan fingerprint density at radius 1 is 1.23 bits per heavy atom. The molecule has 3 aromatic rings. The summed E-state index contributed by atoms with van der Waals surface area (Å²) in [5.41, 5.74) is -0.689. The molecule has 186 valence electrons. The number of fused-ring (bicyclic) bond motifs is 2. The highest BCUT2D eigenvalue weighted by molar-refractivity contribution is 5.84. The SMILES string of the molecule is CCOC(=O)Oc1cc2ccccc2n1[C@@H]1c2cc([N+](=O)[O-])ccc2O[C@](C)(C(OC)OC)[C@H]1O. The van der Waals surface area contributed by atoms with Gasteiger partial charge >= 0.3 is 6.16 Å². The molecule has 0 fully saturated rings. The number of para-hydroxylation sites is 1. The minimum absolute atomic E-state index is 0.0850. The number of non-ortho nitro benzene ring substituents is 1. The molecule has 0 amide bonds. The molecule has 0 saturated heterocycles. The largest absolute Gasteiger partial charge is 0.515 e. The Labute approximate surface area is 200 Å². The highest BCUT2D eigenvalue weighted by Gasteiger charge is 2.53. The first kappa shape index (κ1) is 24.5. The Hall–Kier alpha value is -3.67. The summed E-state index contributed by atoms with van der Waals surface area (Å²) in [5.74, 6) is 0.370. The van der Waals surface area contributed by atoms with E-state index in [-0.39, 0.29) is 23.9 Å². The fourth-order valence-electron chi connectivity index (χ4n) is 4.53. The van der Waals surface area contributed by atoms with Gasteiger partial charge < -0.3 is 33.4 Å². The number of methoxy groups -OCH3 is 2. The number of benzene rings is 2. The molecular weight excluding hydrogens is 460 g/mol. The maximum absolute atomic E-state index is 12.2. The van der Waals surface area contributed by atoms with Gasteiger partial charge in [0.25, 0.3) is 5.69 Å². The number of nitrogens with zero attached hydrogens (tertiary/aromatic N) is 2. The molecule has 0 radical (unpaired) electrons. The quantitative estimate of drug-likeness (QED) is 0.229. The summed E-state index contributed by atoms with van der Waals surface area (Å²) in [6, 6.07) is 12.0. The number of nitro groups is 1. The molecule has 35 heavy (non-hydrogen) atoms. The van der Waals surface area contributed by atoms with Crippen LogP contribution in [0.1, 0.15) is 25.5 Å². The lowest BCUT2D eigenvalue weighted by Gasteiger charge is -2.47. The van der Waals surface area contributed by atoms with Gasteiger partial charge in [-0.2, -0.15) is 0 Å².